The molecule has 0 unspecified atom stereocenters. The SMILES string of the molecule is O=[N+]([O-])c1ccc(Br)c(Nc2ccnc(Cl)n2)c1. The van der Waals surface area contributed by atoms with Crippen molar-refractivity contribution in [3.05, 3.63) is 50.3 Å². The van der Waals surface area contributed by atoms with Crippen molar-refractivity contribution in [1.29, 1.82) is 0 Å². The Bertz CT molecular complexity index is 608. The second-order valence-electron chi connectivity index (χ2n) is 3.26. The number of non-ortho nitro benzene ring substituents is 1. The quantitative estimate of drug-likeness (QED) is 0.529. The summed E-state index contributed by atoms with van der Waals surface area (Å²) < 4.78 is 0.683. The molecule has 0 aliphatic carbocycles. The number of aromatic nitrogens is 2. The zero-order valence-corrected chi connectivity index (χ0v) is 11.1. The first-order chi connectivity index (χ1) is 8.56. The van der Waals surface area contributed by atoms with Gasteiger partial charge in [-0.3, -0.25) is 10.1 Å². The standard InChI is InChI=1S/C10H6BrClN4O2/c11-7-2-1-6(16(17)18)5-8(7)14-9-3-4-13-10(12)15-9/h1-5H,(H,13,14,15). The molecule has 0 saturated heterocycles. The van der Waals surface area contributed by atoms with Crippen LogP contribution < -0.4 is 5.32 Å². The van der Waals surface area contributed by atoms with E-state index in [1.807, 2.05) is 0 Å². The molecule has 0 amide bonds. The summed E-state index contributed by atoms with van der Waals surface area (Å²) in [7, 11) is 0. The van der Waals surface area contributed by atoms with Crippen molar-refractivity contribution < 1.29 is 4.92 Å². The fourth-order valence-corrected chi connectivity index (χ4v) is 1.76. The number of hydrogen-bond donors (Lipinski definition) is 1. The predicted molar refractivity (Wildman–Crippen MR) is 71.1 cm³/mol. The Kier molecular flexibility index (Phi) is 3.73. The normalized spacial score (nSPS) is 10.1. The molecule has 2 rings (SSSR count). The maximum absolute atomic E-state index is 10.7. The van der Waals surface area contributed by atoms with Crippen molar-refractivity contribution in [2.45, 2.75) is 0 Å². The lowest BCUT2D eigenvalue weighted by Gasteiger charge is -2.07. The molecule has 0 aliphatic rings. The number of anilines is 2. The number of rotatable bonds is 3. The van der Waals surface area contributed by atoms with Gasteiger partial charge >= 0.3 is 0 Å². The van der Waals surface area contributed by atoms with E-state index in [4.69, 9.17) is 11.6 Å². The fraction of sp³-hybridized carbons (Fsp3) is 0. The molecule has 1 heterocycles. The molecule has 0 atom stereocenters. The summed E-state index contributed by atoms with van der Waals surface area (Å²) in [4.78, 5) is 17.9. The average molecular weight is 330 g/mol. The highest BCUT2D eigenvalue weighted by Gasteiger charge is 2.10. The number of hydrogen-bond acceptors (Lipinski definition) is 5. The van der Waals surface area contributed by atoms with Crippen LogP contribution in [-0.2, 0) is 0 Å². The first-order valence-electron chi connectivity index (χ1n) is 4.76. The topological polar surface area (TPSA) is 81.0 Å². The van der Waals surface area contributed by atoms with Crippen molar-refractivity contribution in [3.8, 4) is 0 Å². The third-order valence-corrected chi connectivity index (χ3v) is 2.92. The molecule has 2 aromatic rings. The van der Waals surface area contributed by atoms with E-state index in [2.05, 4.69) is 31.2 Å². The Morgan fingerprint density at radius 1 is 1.39 bits per heavy atom. The zero-order valence-electron chi connectivity index (χ0n) is 8.80. The maximum Gasteiger partial charge on any atom is 0.271 e. The van der Waals surface area contributed by atoms with Gasteiger partial charge < -0.3 is 5.32 Å². The molecule has 0 radical (unpaired) electrons. The Balaban J connectivity index is 2.33. The van der Waals surface area contributed by atoms with Crippen molar-refractivity contribution in [1.82, 2.24) is 9.97 Å². The summed E-state index contributed by atoms with van der Waals surface area (Å²) in [6.07, 6.45) is 1.49. The minimum absolute atomic E-state index is 0.0131. The van der Waals surface area contributed by atoms with Gasteiger partial charge in [-0.25, -0.2) is 9.97 Å². The van der Waals surface area contributed by atoms with E-state index in [9.17, 15) is 10.1 Å². The van der Waals surface area contributed by atoms with Gasteiger partial charge in [0, 0.05) is 22.8 Å². The average Bonchev–Trinajstić information content (AvgIpc) is 2.31. The summed E-state index contributed by atoms with van der Waals surface area (Å²) in [5, 5.41) is 13.7. The number of benzene rings is 1. The molecule has 18 heavy (non-hydrogen) atoms. The van der Waals surface area contributed by atoms with Gasteiger partial charge in [0.1, 0.15) is 5.82 Å². The monoisotopic (exact) mass is 328 g/mol. The largest absolute Gasteiger partial charge is 0.339 e. The Hall–Kier alpha value is -1.73. The smallest absolute Gasteiger partial charge is 0.271 e. The summed E-state index contributed by atoms with van der Waals surface area (Å²) in [5.74, 6) is 0.455. The van der Waals surface area contributed by atoms with E-state index in [0.717, 1.165) is 0 Å². The molecular formula is C10H6BrClN4O2. The van der Waals surface area contributed by atoms with Crippen LogP contribution in [0.25, 0.3) is 0 Å². The van der Waals surface area contributed by atoms with Crippen LogP contribution in [0, 0.1) is 10.1 Å². The summed E-state index contributed by atoms with van der Waals surface area (Å²) in [6, 6.07) is 6.00. The second kappa shape index (κ2) is 5.28. The van der Waals surface area contributed by atoms with Crippen molar-refractivity contribution >= 4 is 44.7 Å². The van der Waals surface area contributed by atoms with Crippen LogP contribution in [0.3, 0.4) is 0 Å². The van der Waals surface area contributed by atoms with Gasteiger partial charge in [-0.15, -0.1) is 0 Å². The molecule has 8 heteroatoms. The first-order valence-corrected chi connectivity index (χ1v) is 5.93. The van der Waals surface area contributed by atoms with Crippen molar-refractivity contribution in [3.63, 3.8) is 0 Å². The summed E-state index contributed by atoms with van der Waals surface area (Å²) >= 11 is 8.94. The minimum atomic E-state index is -0.468. The van der Waals surface area contributed by atoms with Gasteiger partial charge in [0.05, 0.1) is 10.6 Å². The van der Waals surface area contributed by atoms with Crippen LogP contribution in [0.1, 0.15) is 0 Å². The fourth-order valence-electron chi connectivity index (χ4n) is 1.27. The molecule has 1 aromatic heterocycles. The third-order valence-electron chi connectivity index (χ3n) is 2.05. The Morgan fingerprint density at radius 3 is 2.83 bits per heavy atom. The number of nitro benzene ring substituents is 1. The lowest BCUT2D eigenvalue weighted by Crippen LogP contribution is -1.97. The van der Waals surface area contributed by atoms with E-state index >= 15 is 0 Å². The molecule has 1 aromatic carbocycles. The van der Waals surface area contributed by atoms with Gasteiger partial charge in [0.2, 0.25) is 5.28 Å². The van der Waals surface area contributed by atoms with Gasteiger partial charge in [-0.05, 0) is 39.7 Å². The molecule has 0 bridgehead atoms. The van der Waals surface area contributed by atoms with Crippen LogP contribution in [0.5, 0.6) is 0 Å². The molecule has 0 spiro atoms. The first kappa shape index (κ1) is 12.7. The van der Waals surface area contributed by atoms with Crippen LogP contribution in [0.2, 0.25) is 5.28 Å². The van der Waals surface area contributed by atoms with Crippen molar-refractivity contribution in [2.24, 2.45) is 0 Å². The summed E-state index contributed by atoms with van der Waals surface area (Å²) in [6.45, 7) is 0. The Morgan fingerprint density at radius 2 is 2.17 bits per heavy atom. The highest BCUT2D eigenvalue weighted by Crippen LogP contribution is 2.29. The number of nitro groups is 1. The van der Waals surface area contributed by atoms with Crippen molar-refractivity contribution in [2.75, 3.05) is 5.32 Å². The van der Waals surface area contributed by atoms with Crippen LogP contribution in [0.15, 0.2) is 34.9 Å². The lowest BCUT2D eigenvalue weighted by atomic mass is 10.3. The van der Waals surface area contributed by atoms with Crippen LogP contribution in [-0.4, -0.2) is 14.9 Å². The molecular weight excluding hydrogens is 323 g/mol. The van der Waals surface area contributed by atoms with Gasteiger partial charge in [-0.2, -0.15) is 0 Å². The molecule has 1 N–H and O–H groups in total. The minimum Gasteiger partial charge on any atom is -0.339 e. The van der Waals surface area contributed by atoms with Crippen LogP contribution in [0.4, 0.5) is 17.2 Å². The third kappa shape index (κ3) is 2.93. The van der Waals surface area contributed by atoms with E-state index in [1.54, 1.807) is 12.1 Å². The van der Waals surface area contributed by atoms with Gasteiger partial charge in [-0.1, -0.05) is 0 Å². The number of nitrogens with one attached hydrogen (secondary N) is 1. The van der Waals surface area contributed by atoms with Gasteiger partial charge in [0.25, 0.3) is 5.69 Å². The molecule has 0 saturated carbocycles. The van der Waals surface area contributed by atoms with E-state index in [0.29, 0.717) is 16.0 Å². The van der Waals surface area contributed by atoms with E-state index < -0.39 is 4.92 Å². The highest BCUT2D eigenvalue weighted by atomic mass is 79.9. The van der Waals surface area contributed by atoms with E-state index in [1.165, 1.54) is 18.3 Å². The molecule has 0 fully saturated rings. The number of halogens is 2. The summed E-state index contributed by atoms with van der Waals surface area (Å²) in [5.41, 5.74) is 0.514. The molecule has 6 nitrogen and oxygen atoms in total. The predicted octanol–water partition coefficient (Wildman–Crippen LogP) is 3.54. The second-order valence-corrected chi connectivity index (χ2v) is 4.45. The molecule has 0 aliphatic heterocycles. The molecule has 92 valence electrons. The lowest BCUT2D eigenvalue weighted by molar-refractivity contribution is -0.384. The Labute approximate surface area is 115 Å². The maximum atomic E-state index is 10.7. The van der Waals surface area contributed by atoms with E-state index in [-0.39, 0.29) is 11.0 Å². The highest BCUT2D eigenvalue weighted by molar-refractivity contribution is 9.10. The number of nitrogens with zero attached hydrogens (tertiary/aromatic N) is 3. The van der Waals surface area contributed by atoms with Crippen LogP contribution >= 0.6 is 27.5 Å². The zero-order chi connectivity index (χ0) is 13.1. The van der Waals surface area contributed by atoms with Gasteiger partial charge in [0.15, 0.2) is 0 Å².